The standard InChI is InChI=1S/C37H36BrClN2O8S/c1-7-46-35(43)23-11-9-22(10-12-23)19-48-33-25(15-26(39)18-27(33)38)17-30-34(42)41-32(24-13-14-28(49-20(3)4)29(16-24)45-6)31(36(44)47-8-2)21(5)40-37(41)50-30/h9-18,20,32H,7-8,19H2,1-6H3/b30-17+/t32-/m0/s1. The molecule has 0 N–H and O–H groups in total. The van der Waals surface area contributed by atoms with E-state index in [1.807, 2.05) is 13.8 Å². The average Bonchev–Trinajstić information content (AvgIpc) is 3.37. The van der Waals surface area contributed by atoms with Crippen LogP contribution in [0, 0.1) is 0 Å². The molecule has 0 unspecified atom stereocenters. The van der Waals surface area contributed by atoms with Crippen LogP contribution in [0.1, 0.15) is 67.7 Å². The molecule has 0 saturated heterocycles. The van der Waals surface area contributed by atoms with Crippen molar-refractivity contribution < 1.29 is 33.3 Å². The zero-order valence-electron chi connectivity index (χ0n) is 28.4. The number of nitrogens with zero attached hydrogens (tertiary/aromatic N) is 2. The molecule has 0 bridgehead atoms. The van der Waals surface area contributed by atoms with E-state index in [1.165, 1.54) is 23.0 Å². The zero-order chi connectivity index (χ0) is 36.1. The third-order valence-corrected chi connectivity index (χ3v) is 9.35. The number of thiazole rings is 1. The Hall–Kier alpha value is -4.39. The van der Waals surface area contributed by atoms with Gasteiger partial charge in [0.25, 0.3) is 5.56 Å². The molecule has 4 aromatic rings. The Morgan fingerprint density at radius 2 is 1.72 bits per heavy atom. The number of benzene rings is 3. The molecule has 0 spiro atoms. The van der Waals surface area contributed by atoms with Gasteiger partial charge in [0.05, 0.1) is 58.3 Å². The molecule has 1 aliphatic rings. The highest BCUT2D eigenvalue weighted by Gasteiger charge is 2.34. The summed E-state index contributed by atoms with van der Waals surface area (Å²) in [4.78, 5) is 44.9. The molecule has 0 radical (unpaired) electrons. The Bertz CT molecular complexity index is 2140. The fraction of sp³-hybridized carbons (Fsp3) is 0.297. The smallest absolute Gasteiger partial charge is 0.338 e. The summed E-state index contributed by atoms with van der Waals surface area (Å²) in [5, 5.41) is 0.427. The van der Waals surface area contributed by atoms with Gasteiger partial charge in [-0.25, -0.2) is 14.6 Å². The van der Waals surface area contributed by atoms with Crippen LogP contribution in [0.25, 0.3) is 6.08 Å². The molecule has 1 atom stereocenters. The van der Waals surface area contributed by atoms with Crippen LogP contribution in [0.3, 0.4) is 0 Å². The lowest BCUT2D eigenvalue weighted by molar-refractivity contribution is -0.139. The summed E-state index contributed by atoms with van der Waals surface area (Å²) in [6.45, 7) is 9.64. The number of aromatic nitrogens is 1. The molecular formula is C37H36BrClN2O8S. The van der Waals surface area contributed by atoms with Crippen molar-refractivity contribution in [3.63, 3.8) is 0 Å². The number of esters is 2. The van der Waals surface area contributed by atoms with Gasteiger partial charge >= 0.3 is 11.9 Å². The van der Waals surface area contributed by atoms with E-state index in [-0.39, 0.29) is 37.1 Å². The number of hydrogen-bond donors (Lipinski definition) is 0. The lowest BCUT2D eigenvalue weighted by Crippen LogP contribution is -2.40. The Labute approximate surface area is 306 Å². The van der Waals surface area contributed by atoms with Crippen molar-refractivity contribution in [3.8, 4) is 17.2 Å². The molecule has 3 aromatic carbocycles. The highest BCUT2D eigenvalue weighted by atomic mass is 79.9. The number of fused-ring (bicyclic) bond motifs is 1. The quantitative estimate of drug-likeness (QED) is 0.145. The Kier molecular flexibility index (Phi) is 11.9. The summed E-state index contributed by atoms with van der Waals surface area (Å²) in [6.07, 6.45) is 1.60. The maximum absolute atomic E-state index is 14.3. The minimum atomic E-state index is -0.853. The fourth-order valence-electron chi connectivity index (χ4n) is 5.40. The molecule has 0 fully saturated rings. The van der Waals surface area contributed by atoms with E-state index in [0.717, 1.165) is 5.56 Å². The molecule has 0 saturated carbocycles. The number of methoxy groups -OCH3 is 1. The highest BCUT2D eigenvalue weighted by molar-refractivity contribution is 9.10. The molecule has 1 aromatic heterocycles. The number of carbonyl (C=O) groups is 2. The van der Waals surface area contributed by atoms with Crippen molar-refractivity contribution in [1.29, 1.82) is 0 Å². The summed E-state index contributed by atoms with van der Waals surface area (Å²) in [7, 11) is 1.53. The predicted molar refractivity (Wildman–Crippen MR) is 195 cm³/mol. The van der Waals surface area contributed by atoms with Gasteiger partial charge in [0.15, 0.2) is 16.3 Å². The number of hydrogen-bond acceptors (Lipinski definition) is 10. The number of allylic oxidation sites excluding steroid dienone is 1. The van der Waals surface area contributed by atoms with Crippen LogP contribution < -0.4 is 29.1 Å². The Balaban J connectivity index is 1.59. The first kappa shape index (κ1) is 36.9. The third-order valence-electron chi connectivity index (χ3n) is 7.56. The van der Waals surface area contributed by atoms with Crippen LogP contribution in [0.5, 0.6) is 17.2 Å². The van der Waals surface area contributed by atoms with Gasteiger partial charge in [-0.2, -0.15) is 0 Å². The van der Waals surface area contributed by atoms with Crippen LogP contribution >= 0.6 is 38.9 Å². The number of halogens is 2. The first-order valence-corrected chi connectivity index (χ1v) is 17.9. The lowest BCUT2D eigenvalue weighted by Gasteiger charge is -2.25. The summed E-state index contributed by atoms with van der Waals surface area (Å²) >= 11 is 11.2. The second-order valence-corrected chi connectivity index (χ2v) is 13.7. The predicted octanol–water partition coefficient (Wildman–Crippen LogP) is 6.77. The average molecular weight is 784 g/mol. The van der Waals surface area contributed by atoms with Gasteiger partial charge in [-0.3, -0.25) is 9.36 Å². The molecule has 0 aliphatic carbocycles. The van der Waals surface area contributed by atoms with Crippen LogP contribution in [-0.4, -0.2) is 42.9 Å². The van der Waals surface area contributed by atoms with E-state index in [2.05, 4.69) is 20.9 Å². The van der Waals surface area contributed by atoms with Crippen molar-refractivity contribution in [2.75, 3.05) is 20.3 Å². The van der Waals surface area contributed by atoms with E-state index in [4.69, 9.17) is 35.3 Å². The lowest BCUT2D eigenvalue weighted by atomic mass is 9.95. The third kappa shape index (κ3) is 7.98. The molecule has 0 amide bonds. The molecule has 10 nitrogen and oxygen atoms in total. The van der Waals surface area contributed by atoms with Crippen LogP contribution in [0.15, 0.2) is 80.1 Å². The maximum atomic E-state index is 14.3. The van der Waals surface area contributed by atoms with E-state index >= 15 is 0 Å². The van der Waals surface area contributed by atoms with Gasteiger partial charge in [0, 0.05) is 10.6 Å². The number of rotatable bonds is 12. The monoisotopic (exact) mass is 782 g/mol. The van der Waals surface area contributed by atoms with Gasteiger partial charge in [-0.05, 0) is 104 Å². The van der Waals surface area contributed by atoms with E-state index < -0.39 is 18.0 Å². The van der Waals surface area contributed by atoms with Gasteiger partial charge in [-0.1, -0.05) is 41.1 Å². The summed E-state index contributed by atoms with van der Waals surface area (Å²) < 4.78 is 30.7. The van der Waals surface area contributed by atoms with Crippen molar-refractivity contribution in [3.05, 3.63) is 117 Å². The molecule has 13 heteroatoms. The first-order chi connectivity index (χ1) is 23.9. The second-order valence-electron chi connectivity index (χ2n) is 11.4. The maximum Gasteiger partial charge on any atom is 0.338 e. The zero-order valence-corrected chi connectivity index (χ0v) is 31.5. The molecular weight excluding hydrogens is 748 g/mol. The van der Waals surface area contributed by atoms with Crippen molar-refractivity contribution in [1.82, 2.24) is 4.57 Å². The second kappa shape index (κ2) is 16.1. The number of ether oxygens (including phenoxy) is 5. The largest absolute Gasteiger partial charge is 0.493 e. The van der Waals surface area contributed by atoms with Crippen molar-refractivity contribution in [2.45, 2.75) is 53.4 Å². The first-order valence-electron chi connectivity index (χ1n) is 15.9. The van der Waals surface area contributed by atoms with E-state index in [0.29, 0.717) is 58.5 Å². The van der Waals surface area contributed by atoms with Gasteiger partial charge in [0.1, 0.15) is 12.4 Å². The normalized spacial score (nSPS) is 14.3. The van der Waals surface area contributed by atoms with E-state index in [9.17, 15) is 14.4 Å². The summed E-state index contributed by atoms with van der Waals surface area (Å²) in [5.74, 6) is 0.481. The van der Waals surface area contributed by atoms with Gasteiger partial charge in [-0.15, -0.1) is 0 Å². The summed E-state index contributed by atoms with van der Waals surface area (Å²) in [6, 6.07) is 14.8. The van der Waals surface area contributed by atoms with Gasteiger partial charge in [0.2, 0.25) is 0 Å². The van der Waals surface area contributed by atoms with Crippen LogP contribution in [0.2, 0.25) is 5.02 Å². The molecule has 262 valence electrons. The molecule has 1 aliphatic heterocycles. The minimum absolute atomic E-state index is 0.0954. The molecule has 2 heterocycles. The van der Waals surface area contributed by atoms with Crippen molar-refractivity contribution in [2.24, 2.45) is 4.99 Å². The minimum Gasteiger partial charge on any atom is -0.493 e. The van der Waals surface area contributed by atoms with E-state index in [1.54, 1.807) is 81.4 Å². The van der Waals surface area contributed by atoms with Crippen molar-refractivity contribution >= 4 is 56.9 Å². The highest BCUT2D eigenvalue weighted by Crippen LogP contribution is 2.37. The van der Waals surface area contributed by atoms with Crippen LogP contribution in [0.4, 0.5) is 0 Å². The molecule has 5 rings (SSSR count). The SMILES string of the molecule is CCOC(=O)C1=C(C)N=c2s/c(=C/c3cc(Cl)cc(Br)c3OCc3ccc(C(=O)OCC)cc3)c(=O)n2[C@H]1c1ccc(OC(C)C)c(OC)c1. The summed E-state index contributed by atoms with van der Waals surface area (Å²) in [5.41, 5.74) is 2.73. The Morgan fingerprint density at radius 1 is 1.02 bits per heavy atom. The van der Waals surface area contributed by atoms with Crippen LogP contribution in [-0.2, 0) is 20.9 Å². The fourth-order valence-corrected chi connectivity index (χ4v) is 7.39. The number of carbonyl (C=O) groups excluding carboxylic acids is 2. The molecule has 50 heavy (non-hydrogen) atoms. The topological polar surface area (TPSA) is 115 Å². The van der Waals surface area contributed by atoms with Gasteiger partial charge < -0.3 is 23.7 Å². The Morgan fingerprint density at radius 3 is 2.38 bits per heavy atom.